The molecule has 0 aliphatic rings. The van der Waals surface area contributed by atoms with Crippen LogP contribution in [0.3, 0.4) is 0 Å². The number of nitrogens with zero attached hydrogens (tertiary/aromatic N) is 1. The highest BCUT2D eigenvalue weighted by Gasteiger charge is 2.16. The van der Waals surface area contributed by atoms with E-state index in [9.17, 15) is 22.0 Å². The number of carbonyl (C=O) groups is 1. The molecule has 180 valence electrons. The Morgan fingerprint density at radius 2 is 1.74 bits per heavy atom. The minimum atomic E-state index is -3.51. The molecule has 11 heteroatoms. The van der Waals surface area contributed by atoms with Gasteiger partial charge in [0.25, 0.3) is 0 Å². The molecule has 0 saturated carbocycles. The first kappa shape index (κ1) is 24.9. The molecule has 0 radical (unpaired) electrons. The van der Waals surface area contributed by atoms with Gasteiger partial charge in [0.05, 0.1) is 17.4 Å². The molecule has 0 aliphatic heterocycles. The maximum atomic E-state index is 13.5. The fourth-order valence-corrected chi connectivity index (χ4v) is 3.74. The van der Waals surface area contributed by atoms with Crippen LogP contribution in [0.25, 0.3) is 0 Å². The summed E-state index contributed by atoms with van der Waals surface area (Å²) in [5, 5.41) is 5.54. The number of aromatic nitrogens is 1. The number of hydrogen-bond donors (Lipinski definition) is 4. The molecule has 1 aromatic heterocycles. The highest BCUT2D eigenvalue weighted by molar-refractivity contribution is 7.93. The van der Waals surface area contributed by atoms with Crippen LogP contribution in [0.1, 0.15) is 25.0 Å². The number of nitrogens with one attached hydrogen (secondary N) is 3. The Bertz CT molecular complexity index is 1280. The highest BCUT2D eigenvalue weighted by Crippen LogP contribution is 2.25. The molecule has 1 heterocycles. The van der Waals surface area contributed by atoms with Gasteiger partial charge in [0, 0.05) is 41.8 Å². The predicted molar refractivity (Wildman–Crippen MR) is 128 cm³/mol. The quantitative estimate of drug-likeness (QED) is 0.342. The topological polar surface area (TPSA) is 126 Å². The molecular weight excluding hydrogens is 464 g/mol. The Hall–Kier alpha value is -3.73. The van der Waals surface area contributed by atoms with Crippen LogP contribution in [-0.4, -0.2) is 24.6 Å². The van der Waals surface area contributed by atoms with Crippen molar-refractivity contribution in [2.75, 3.05) is 15.4 Å². The van der Waals surface area contributed by atoms with Crippen LogP contribution in [0.5, 0.6) is 0 Å². The number of sulfonamides is 1. The summed E-state index contributed by atoms with van der Waals surface area (Å²) in [7, 11) is -3.51. The van der Waals surface area contributed by atoms with E-state index in [4.69, 9.17) is 5.73 Å². The van der Waals surface area contributed by atoms with Gasteiger partial charge in [0.1, 0.15) is 17.5 Å². The number of pyridine rings is 1. The van der Waals surface area contributed by atoms with Crippen LogP contribution in [0.2, 0.25) is 0 Å². The van der Waals surface area contributed by atoms with Gasteiger partial charge in [-0.2, -0.15) is 0 Å². The molecule has 1 amide bonds. The smallest absolute Gasteiger partial charge is 0.235 e. The fourth-order valence-electron chi connectivity index (χ4n) is 3.05. The number of halogens is 2. The minimum Gasteiger partial charge on any atom is -0.381 e. The maximum absolute atomic E-state index is 13.5. The second-order valence-corrected chi connectivity index (χ2v) is 10.1. The van der Waals surface area contributed by atoms with Crippen molar-refractivity contribution in [3.05, 3.63) is 77.5 Å². The summed E-state index contributed by atoms with van der Waals surface area (Å²) in [6.45, 7) is 3.25. The molecule has 8 nitrogen and oxygen atoms in total. The van der Waals surface area contributed by atoms with Crippen molar-refractivity contribution in [3.63, 3.8) is 0 Å². The van der Waals surface area contributed by atoms with Crippen molar-refractivity contribution in [2.45, 2.75) is 32.1 Å². The van der Waals surface area contributed by atoms with Gasteiger partial charge in [-0.1, -0.05) is 6.07 Å². The molecule has 0 saturated heterocycles. The molecule has 0 atom stereocenters. The van der Waals surface area contributed by atoms with Gasteiger partial charge in [-0.3, -0.25) is 9.52 Å². The monoisotopic (exact) mass is 489 g/mol. The van der Waals surface area contributed by atoms with Crippen LogP contribution >= 0.6 is 0 Å². The summed E-state index contributed by atoms with van der Waals surface area (Å²) in [4.78, 5) is 15.7. The van der Waals surface area contributed by atoms with Gasteiger partial charge >= 0.3 is 0 Å². The maximum Gasteiger partial charge on any atom is 0.235 e. The predicted octanol–water partition coefficient (Wildman–Crippen LogP) is 3.89. The average Bonchev–Trinajstić information content (AvgIpc) is 2.72. The third-order valence-corrected chi connectivity index (χ3v) is 6.53. The van der Waals surface area contributed by atoms with Crippen molar-refractivity contribution in [1.29, 1.82) is 0 Å². The van der Waals surface area contributed by atoms with E-state index < -0.39 is 32.8 Å². The van der Waals surface area contributed by atoms with Crippen LogP contribution in [0.4, 0.5) is 31.7 Å². The van der Waals surface area contributed by atoms with Crippen molar-refractivity contribution >= 4 is 38.8 Å². The number of primary amides is 1. The molecule has 0 unspecified atom stereocenters. The van der Waals surface area contributed by atoms with Crippen molar-refractivity contribution < 1.29 is 22.0 Å². The SMILES string of the molecule is CC(C)S(=O)(=O)Nc1cccc(Nc2cc(NCc3cc(F)cc(F)c3)c(CC(N)=O)cn2)c1. The standard InChI is InChI=1S/C23H25F2N5O3S/c1-14(2)34(32,33)30-20-5-3-4-19(10-20)29-23-11-21(16(13-28-23)8-22(26)31)27-12-15-6-17(24)9-18(25)7-15/h3-7,9-11,13-14,30H,8,12H2,1-2H3,(H2,26,31)(H2,27,28,29). The van der Waals surface area contributed by atoms with Gasteiger partial charge in [0.15, 0.2) is 0 Å². The second kappa shape index (κ2) is 10.5. The van der Waals surface area contributed by atoms with E-state index in [-0.39, 0.29) is 13.0 Å². The summed E-state index contributed by atoms with van der Waals surface area (Å²) < 4.78 is 53.8. The van der Waals surface area contributed by atoms with Crippen molar-refractivity contribution in [1.82, 2.24) is 4.98 Å². The number of rotatable bonds is 10. The number of nitrogens with two attached hydrogens (primary N) is 1. The first-order valence-corrected chi connectivity index (χ1v) is 11.9. The van der Waals surface area contributed by atoms with E-state index in [0.717, 1.165) is 6.07 Å². The lowest BCUT2D eigenvalue weighted by Crippen LogP contribution is -2.22. The van der Waals surface area contributed by atoms with Crippen LogP contribution in [0.15, 0.2) is 54.7 Å². The average molecular weight is 490 g/mol. The minimum absolute atomic E-state index is 0.0837. The molecule has 0 aliphatic carbocycles. The number of carbonyl (C=O) groups excluding carboxylic acids is 1. The second-order valence-electron chi connectivity index (χ2n) is 7.90. The van der Waals surface area contributed by atoms with E-state index >= 15 is 0 Å². The third-order valence-electron chi connectivity index (χ3n) is 4.77. The fraction of sp³-hybridized carbons (Fsp3) is 0.217. The zero-order valence-electron chi connectivity index (χ0n) is 18.6. The van der Waals surface area contributed by atoms with Gasteiger partial charge in [-0.25, -0.2) is 22.2 Å². The van der Waals surface area contributed by atoms with Gasteiger partial charge in [-0.05, 0) is 49.7 Å². The Labute approximate surface area is 196 Å². The van der Waals surface area contributed by atoms with E-state index in [2.05, 4.69) is 20.3 Å². The molecule has 3 aromatic rings. The van der Waals surface area contributed by atoms with E-state index in [1.165, 1.54) is 18.3 Å². The Morgan fingerprint density at radius 1 is 1.06 bits per heavy atom. The molecule has 5 N–H and O–H groups in total. The molecule has 3 rings (SSSR count). The number of hydrogen-bond acceptors (Lipinski definition) is 6. The van der Waals surface area contributed by atoms with E-state index in [1.807, 2.05) is 0 Å². The van der Waals surface area contributed by atoms with Crippen LogP contribution in [-0.2, 0) is 27.8 Å². The zero-order chi connectivity index (χ0) is 24.9. The van der Waals surface area contributed by atoms with Gasteiger partial charge in [0.2, 0.25) is 15.9 Å². The number of amides is 1. The summed E-state index contributed by atoms with van der Waals surface area (Å²) in [5.41, 5.74) is 7.66. The van der Waals surface area contributed by atoms with E-state index in [0.29, 0.717) is 34.0 Å². The molecule has 0 fully saturated rings. The van der Waals surface area contributed by atoms with Gasteiger partial charge < -0.3 is 16.4 Å². The summed E-state index contributed by atoms with van der Waals surface area (Å²) in [6, 6.07) is 11.5. The lowest BCUT2D eigenvalue weighted by atomic mass is 10.1. The van der Waals surface area contributed by atoms with Crippen molar-refractivity contribution in [2.24, 2.45) is 5.73 Å². The summed E-state index contributed by atoms with van der Waals surface area (Å²) >= 11 is 0. The zero-order valence-corrected chi connectivity index (χ0v) is 19.4. The summed E-state index contributed by atoms with van der Waals surface area (Å²) in [6.07, 6.45) is 1.38. The molecule has 0 bridgehead atoms. The summed E-state index contributed by atoms with van der Waals surface area (Å²) in [5.74, 6) is -1.56. The Morgan fingerprint density at radius 3 is 2.38 bits per heavy atom. The van der Waals surface area contributed by atoms with Crippen molar-refractivity contribution in [3.8, 4) is 0 Å². The largest absolute Gasteiger partial charge is 0.381 e. The Balaban J connectivity index is 1.82. The number of benzene rings is 2. The molecule has 2 aromatic carbocycles. The normalized spacial score (nSPS) is 11.3. The Kier molecular flexibility index (Phi) is 7.67. The first-order valence-electron chi connectivity index (χ1n) is 10.4. The lowest BCUT2D eigenvalue weighted by molar-refractivity contribution is -0.117. The lowest BCUT2D eigenvalue weighted by Gasteiger charge is -2.15. The number of anilines is 4. The van der Waals surface area contributed by atoms with Crippen LogP contribution in [0, 0.1) is 11.6 Å². The molecule has 0 spiro atoms. The van der Waals surface area contributed by atoms with Crippen LogP contribution < -0.4 is 21.1 Å². The first-order chi connectivity index (χ1) is 16.0. The van der Waals surface area contributed by atoms with Gasteiger partial charge in [-0.15, -0.1) is 0 Å². The molecular formula is C23H25F2N5O3S. The highest BCUT2D eigenvalue weighted by atomic mass is 32.2. The third kappa shape index (κ3) is 6.88. The van der Waals surface area contributed by atoms with E-state index in [1.54, 1.807) is 44.2 Å². The molecule has 34 heavy (non-hydrogen) atoms.